The summed E-state index contributed by atoms with van der Waals surface area (Å²) in [5.41, 5.74) is 1.16. The molecule has 0 aliphatic rings. The lowest BCUT2D eigenvalue weighted by Gasteiger charge is -2.17. The lowest BCUT2D eigenvalue weighted by Crippen LogP contribution is -2.09. The van der Waals surface area contributed by atoms with Crippen molar-refractivity contribution in [1.82, 2.24) is 0 Å². The zero-order valence-electron chi connectivity index (χ0n) is 11.2. The number of allylic oxidation sites excluding steroid dienone is 2. The van der Waals surface area contributed by atoms with Gasteiger partial charge in [0, 0.05) is 12.3 Å². The van der Waals surface area contributed by atoms with Crippen LogP contribution in [0.2, 0.25) is 0 Å². The van der Waals surface area contributed by atoms with Gasteiger partial charge in [-0.1, -0.05) is 50.1 Å². The average Bonchev–Trinajstić information content (AvgIpc) is 2.47. The second-order valence-electron chi connectivity index (χ2n) is 4.30. The third-order valence-corrected chi connectivity index (χ3v) is 2.94. The van der Waals surface area contributed by atoms with Crippen LogP contribution >= 0.6 is 0 Å². The Morgan fingerprint density at radius 3 is 2.47 bits per heavy atom. The summed E-state index contributed by atoms with van der Waals surface area (Å²) in [4.78, 5) is 11.3. The fourth-order valence-corrected chi connectivity index (χ4v) is 1.76. The summed E-state index contributed by atoms with van der Waals surface area (Å²) < 4.78 is 5.52. The predicted molar refractivity (Wildman–Crippen MR) is 78.9 cm³/mol. The summed E-state index contributed by atoms with van der Waals surface area (Å²) in [5.74, 6) is 0.779. The van der Waals surface area contributed by atoms with Crippen LogP contribution < -0.4 is 0 Å². The lowest BCUT2D eigenvalue weighted by atomic mass is 9.94. The van der Waals surface area contributed by atoms with Crippen LogP contribution in [0, 0.1) is 0 Å². The van der Waals surface area contributed by atoms with Crippen molar-refractivity contribution < 1.29 is 9.53 Å². The second-order valence-corrected chi connectivity index (χ2v) is 4.30. The van der Waals surface area contributed by atoms with Gasteiger partial charge in [-0.2, -0.15) is 0 Å². The monoisotopic (exact) mass is 256 g/mol. The van der Waals surface area contributed by atoms with E-state index in [2.05, 4.69) is 19.7 Å². The Balaban J connectivity index is 2.67. The zero-order valence-corrected chi connectivity index (χ0v) is 11.2. The Bertz CT molecular complexity index is 422. The Morgan fingerprint density at radius 1 is 1.21 bits per heavy atom. The molecule has 0 heterocycles. The summed E-state index contributed by atoms with van der Waals surface area (Å²) in [6.07, 6.45) is 4.16. The fraction of sp³-hybridized carbons (Fsp3) is 0.235. The molecule has 0 bridgehead atoms. The molecule has 0 N–H and O–H groups in total. The summed E-state index contributed by atoms with van der Waals surface area (Å²) >= 11 is 0. The van der Waals surface area contributed by atoms with Gasteiger partial charge in [0.15, 0.2) is 5.78 Å². The molecule has 2 heteroatoms. The van der Waals surface area contributed by atoms with Gasteiger partial charge < -0.3 is 4.74 Å². The van der Waals surface area contributed by atoms with Crippen LogP contribution in [0.4, 0.5) is 0 Å². The van der Waals surface area contributed by atoms with E-state index in [9.17, 15) is 4.79 Å². The fourth-order valence-electron chi connectivity index (χ4n) is 1.76. The maximum absolute atomic E-state index is 11.3. The van der Waals surface area contributed by atoms with E-state index in [1.54, 1.807) is 6.08 Å². The van der Waals surface area contributed by atoms with Gasteiger partial charge in [0.1, 0.15) is 5.76 Å². The summed E-state index contributed by atoms with van der Waals surface area (Å²) in [6, 6.07) is 10.0. The second kappa shape index (κ2) is 8.09. The number of rotatable bonds is 9. The summed E-state index contributed by atoms with van der Waals surface area (Å²) in [6.45, 7) is 11.3. The Kier molecular flexibility index (Phi) is 6.37. The Labute approximate surface area is 115 Å². The molecule has 1 rings (SSSR count). The number of carbonyl (C=O) groups excluding carboxylic acids is 1. The van der Waals surface area contributed by atoms with Crippen LogP contribution in [0.3, 0.4) is 0 Å². The minimum Gasteiger partial charge on any atom is -0.494 e. The Morgan fingerprint density at radius 2 is 1.89 bits per heavy atom. The van der Waals surface area contributed by atoms with E-state index in [0.717, 1.165) is 12.0 Å². The van der Waals surface area contributed by atoms with Crippen LogP contribution in [0.5, 0.6) is 0 Å². The maximum atomic E-state index is 11.3. The van der Waals surface area contributed by atoms with E-state index in [1.807, 2.05) is 30.3 Å². The molecule has 0 aliphatic carbocycles. The van der Waals surface area contributed by atoms with E-state index in [4.69, 9.17) is 4.74 Å². The number of hydrogen-bond donors (Lipinski definition) is 0. The van der Waals surface area contributed by atoms with E-state index in [-0.39, 0.29) is 11.7 Å². The van der Waals surface area contributed by atoms with E-state index in [1.165, 1.54) is 6.08 Å². The molecule has 2 nitrogen and oxygen atoms in total. The van der Waals surface area contributed by atoms with Gasteiger partial charge in [-0.05, 0) is 24.1 Å². The molecule has 0 radical (unpaired) electrons. The SMILES string of the molecule is C=CC(=C)OCC(CCC(=O)C=C)c1ccccc1. The average molecular weight is 256 g/mol. The first kappa shape index (κ1) is 15.0. The number of hydrogen-bond acceptors (Lipinski definition) is 2. The summed E-state index contributed by atoms with van der Waals surface area (Å²) in [5, 5.41) is 0. The molecule has 0 aromatic heterocycles. The van der Waals surface area contributed by atoms with Crippen molar-refractivity contribution in [3.05, 3.63) is 73.5 Å². The van der Waals surface area contributed by atoms with Gasteiger partial charge in [0.25, 0.3) is 0 Å². The molecule has 100 valence electrons. The largest absolute Gasteiger partial charge is 0.494 e. The molecule has 0 aliphatic heterocycles. The smallest absolute Gasteiger partial charge is 0.155 e. The van der Waals surface area contributed by atoms with Crippen molar-refractivity contribution >= 4 is 5.78 Å². The molecule has 0 saturated heterocycles. The quantitative estimate of drug-likeness (QED) is 0.379. The molecule has 0 amide bonds. The molecule has 1 aromatic carbocycles. The van der Waals surface area contributed by atoms with Crippen LogP contribution in [0.15, 0.2) is 68.0 Å². The standard InChI is InChI=1S/C17H20O2/c1-4-14(3)19-13-16(11-12-17(18)5-2)15-9-7-6-8-10-15/h4-10,16H,1-3,11-13H2. The first-order valence-corrected chi connectivity index (χ1v) is 6.31. The minimum absolute atomic E-state index is 0.0588. The highest BCUT2D eigenvalue weighted by Crippen LogP contribution is 2.22. The van der Waals surface area contributed by atoms with Crippen LogP contribution in [-0.2, 0) is 9.53 Å². The first-order chi connectivity index (χ1) is 9.17. The Hall–Kier alpha value is -2.09. The predicted octanol–water partition coefficient (Wildman–Crippen LogP) is 4.02. The molecule has 0 fully saturated rings. The molecule has 1 aromatic rings. The van der Waals surface area contributed by atoms with Crippen LogP contribution in [0.1, 0.15) is 24.3 Å². The zero-order chi connectivity index (χ0) is 14.1. The third-order valence-electron chi connectivity index (χ3n) is 2.94. The van der Waals surface area contributed by atoms with Gasteiger partial charge in [0.05, 0.1) is 6.61 Å². The molecule has 1 unspecified atom stereocenters. The minimum atomic E-state index is 0.0588. The third kappa shape index (κ3) is 5.38. The van der Waals surface area contributed by atoms with E-state index < -0.39 is 0 Å². The molecular weight excluding hydrogens is 236 g/mol. The molecule has 0 spiro atoms. The van der Waals surface area contributed by atoms with Gasteiger partial charge in [-0.15, -0.1) is 0 Å². The van der Waals surface area contributed by atoms with E-state index in [0.29, 0.717) is 18.8 Å². The molecule has 0 saturated carbocycles. The number of carbonyl (C=O) groups is 1. The van der Waals surface area contributed by atoms with Crippen molar-refractivity contribution in [3.63, 3.8) is 0 Å². The van der Waals surface area contributed by atoms with Crippen molar-refractivity contribution in [3.8, 4) is 0 Å². The lowest BCUT2D eigenvalue weighted by molar-refractivity contribution is -0.114. The van der Waals surface area contributed by atoms with Gasteiger partial charge in [-0.25, -0.2) is 0 Å². The maximum Gasteiger partial charge on any atom is 0.155 e. The first-order valence-electron chi connectivity index (χ1n) is 6.31. The highest BCUT2D eigenvalue weighted by molar-refractivity contribution is 5.89. The number of ketones is 1. The van der Waals surface area contributed by atoms with Crippen LogP contribution in [-0.4, -0.2) is 12.4 Å². The highest BCUT2D eigenvalue weighted by Gasteiger charge is 2.13. The van der Waals surface area contributed by atoms with Crippen molar-refractivity contribution in [2.75, 3.05) is 6.61 Å². The van der Waals surface area contributed by atoms with Crippen molar-refractivity contribution in [2.24, 2.45) is 0 Å². The van der Waals surface area contributed by atoms with Gasteiger partial charge >= 0.3 is 0 Å². The van der Waals surface area contributed by atoms with Crippen LogP contribution in [0.25, 0.3) is 0 Å². The molecular formula is C17H20O2. The molecule has 19 heavy (non-hydrogen) atoms. The van der Waals surface area contributed by atoms with Crippen molar-refractivity contribution in [2.45, 2.75) is 18.8 Å². The number of benzene rings is 1. The van der Waals surface area contributed by atoms with Gasteiger partial charge in [-0.3, -0.25) is 4.79 Å². The number of ether oxygens (including phenoxy) is 1. The van der Waals surface area contributed by atoms with Gasteiger partial charge in [0.2, 0.25) is 0 Å². The van der Waals surface area contributed by atoms with Crippen molar-refractivity contribution in [1.29, 1.82) is 0 Å². The summed E-state index contributed by atoms with van der Waals surface area (Å²) in [7, 11) is 0. The topological polar surface area (TPSA) is 26.3 Å². The highest BCUT2D eigenvalue weighted by atomic mass is 16.5. The van der Waals surface area contributed by atoms with E-state index >= 15 is 0 Å². The molecule has 1 atom stereocenters. The normalized spacial score (nSPS) is 11.4.